The molecule has 1 aromatic rings. The summed E-state index contributed by atoms with van der Waals surface area (Å²) in [5.41, 5.74) is -0.211. The number of methoxy groups -OCH3 is 1. The van der Waals surface area contributed by atoms with Crippen LogP contribution in [0.1, 0.15) is 19.4 Å². The number of ether oxygens (including phenoxy) is 1. The molecule has 1 N–H and O–H groups in total. The number of carbonyl (C=O) groups is 2. The fourth-order valence-corrected chi connectivity index (χ4v) is 1.62. The largest absolute Gasteiger partial charge is 0.468 e. The van der Waals surface area contributed by atoms with Crippen molar-refractivity contribution in [3.05, 3.63) is 34.3 Å². The van der Waals surface area contributed by atoms with Crippen LogP contribution < -0.4 is 5.32 Å². The SMILES string of the molecule is COC(=O)C(C)(C)C(=O)NCc1ccc(Br)cc1. The molecule has 0 aliphatic carbocycles. The van der Waals surface area contributed by atoms with E-state index in [0.29, 0.717) is 6.54 Å². The van der Waals surface area contributed by atoms with Gasteiger partial charge in [-0.3, -0.25) is 9.59 Å². The molecule has 0 atom stereocenters. The fourth-order valence-electron chi connectivity index (χ4n) is 1.35. The van der Waals surface area contributed by atoms with E-state index in [-0.39, 0.29) is 5.91 Å². The van der Waals surface area contributed by atoms with E-state index in [1.54, 1.807) is 0 Å². The van der Waals surface area contributed by atoms with Gasteiger partial charge < -0.3 is 10.1 Å². The van der Waals surface area contributed by atoms with E-state index in [1.807, 2.05) is 24.3 Å². The normalized spacial score (nSPS) is 10.9. The maximum Gasteiger partial charge on any atom is 0.320 e. The Kier molecular flexibility index (Phi) is 4.90. The van der Waals surface area contributed by atoms with Crippen LogP contribution in [0.25, 0.3) is 0 Å². The van der Waals surface area contributed by atoms with Crippen molar-refractivity contribution in [3.8, 4) is 0 Å². The summed E-state index contributed by atoms with van der Waals surface area (Å²) in [6.07, 6.45) is 0. The van der Waals surface area contributed by atoms with E-state index in [2.05, 4.69) is 26.0 Å². The van der Waals surface area contributed by atoms with Gasteiger partial charge in [-0.25, -0.2) is 0 Å². The molecule has 5 heteroatoms. The third-order valence-corrected chi connectivity index (χ3v) is 3.16. The molecule has 18 heavy (non-hydrogen) atoms. The maximum atomic E-state index is 11.9. The first-order chi connectivity index (χ1) is 8.37. The molecule has 1 amide bonds. The number of halogens is 1. The smallest absolute Gasteiger partial charge is 0.320 e. The minimum atomic E-state index is -1.18. The monoisotopic (exact) mass is 313 g/mol. The molecule has 0 bridgehead atoms. The van der Waals surface area contributed by atoms with Crippen LogP contribution in [0.2, 0.25) is 0 Å². The number of benzene rings is 1. The second-order valence-corrected chi connectivity index (χ2v) is 5.34. The highest BCUT2D eigenvalue weighted by Crippen LogP contribution is 2.17. The zero-order valence-electron chi connectivity index (χ0n) is 10.6. The Morgan fingerprint density at radius 1 is 1.28 bits per heavy atom. The molecule has 0 aromatic heterocycles. The number of nitrogens with one attached hydrogen (secondary N) is 1. The summed E-state index contributed by atoms with van der Waals surface area (Å²) < 4.78 is 5.58. The highest BCUT2D eigenvalue weighted by molar-refractivity contribution is 9.10. The van der Waals surface area contributed by atoms with E-state index in [1.165, 1.54) is 21.0 Å². The summed E-state index contributed by atoms with van der Waals surface area (Å²) in [7, 11) is 1.27. The topological polar surface area (TPSA) is 55.4 Å². The predicted octanol–water partition coefficient (Wildman–Crippen LogP) is 2.26. The molecule has 0 unspecified atom stereocenters. The number of rotatable bonds is 4. The molecule has 0 heterocycles. The number of amides is 1. The van der Waals surface area contributed by atoms with E-state index in [9.17, 15) is 9.59 Å². The standard InChI is InChI=1S/C13H16BrNO3/c1-13(2,12(17)18-3)11(16)15-8-9-4-6-10(14)7-5-9/h4-7H,8H2,1-3H3,(H,15,16). The van der Waals surface area contributed by atoms with Crippen LogP contribution in [0, 0.1) is 5.41 Å². The van der Waals surface area contributed by atoms with Gasteiger partial charge in [-0.2, -0.15) is 0 Å². The van der Waals surface area contributed by atoms with Gasteiger partial charge in [0.1, 0.15) is 5.41 Å². The second kappa shape index (κ2) is 6.00. The van der Waals surface area contributed by atoms with Crippen molar-refractivity contribution in [2.75, 3.05) is 7.11 Å². The van der Waals surface area contributed by atoms with Crippen LogP contribution in [0.3, 0.4) is 0 Å². The van der Waals surface area contributed by atoms with Gasteiger partial charge in [0.2, 0.25) is 5.91 Å². The van der Waals surface area contributed by atoms with Crippen molar-refractivity contribution in [2.24, 2.45) is 5.41 Å². The lowest BCUT2D eigenvalue weighted by Gasteiger charge is -2.20. The number of esters is 1. The molecule has 98 valence electrons. The summed E-state index contributed by atoms with van der Waals surface area (Å²) in [4.78, 5) is 23.3. The molecular weight excluding hydrogens is 298 g/mol. The second-order valence-electron chi connectivity index (χ2n) is 4.43. The summed E-state index contributed by atoms with van der Waals surface area (Å²) in [6, 6.07) is 7.59. The third kappa shape index (κ3) is 3.57. The Morgan fingerprint density at radius 2 is 1.83 bits per heavy atom. The highest BCUT2D eigenvalue weighted by Gasteiger charge is 2.36. The number of hydrogen-bond acceptors (Lipinski definition) is 3. The van der Waals surface area contributed by atoms with Gasteiger partial charge >= 0.3 is 5.97 Å². The fraction of sp³-hybridized carbons (Fsp3) is 0.385. The molecule has 0 aliphatic rings. The maximum absolute atomic E-state index is 11.9. The van der Waals surface area contributed by atoms with Crippen molar-refractivity contribution in [1.29, 1.82) is 0 Å². The molecule has 0 spiro atoms. The van der Waals surface area contributed by atoms with Crippen molar-refractivity contribution in [2.45, 2.75) is 20.4 Å². The van der Waals surface area contributed by atoms with Crippen LogP contribution in [0.4, 0.5) is 0 Å². The van der Waals surface area contributed by atoms with E-state index < -0.39 is 11.4 Å². The van der Waals surface area contributed by atoms with Crippen molar-refractivity contribution < 1.29 is 14.3 Å². The molecular formula is C13H16BrNO3. The van der Waals surface area contributed by atoms with Crippen LogP contribution in [0.5, 0.6) is 0 Å². The van der Waals surface area contributed by atoms with Gasteiger partial charge in [0.25, 0.3) is 0 Å². The van der Waals surface area contributed by atoms with Crippen molar-refractivity contribution in [3.63, 3.8) is 0 Å². The molecule has 0 saturated carbocycles. The average Bonchev–Trinajstić information content (AvgIpc) is 2.36. The Hall–Kier alpha value is -1.36. The van der Waals surface area contributed by atoms with Crippen molar-refractivity contribution >= 4 is 27.8 Å². The van der Waals surface area contributed by atoms with Gasteiger partial charge in [0.15, 0.2) is 0 Å². The Labute approximate surface area is 115 Å². The lowest BCUT2D eigenvalue weighted by molar-refractivity contribution is -0.156. The molecule has 0 fully saturated rings. The van der Waals surface area contributed by atoms with Gasteiger partial charge in [0, 0.05) is 11.0 Å². The summed E-state index contributed by atoms with van der Waals surface area (Å²) in [6.45, 7) is 3.46. The lowest BCUT2D eigenvalue weighted by Crippen LogP contribution is -2.42. The molecule has 0 radical (unpaired) electrons. The predicted molar refractivity (Wildman–Crippen MR) is 71.8 cm³/mol. The summed E-state index contributed by atoms with van der Waals surface area (Å²) >= 11 is 3.34. The molecule has 1 aromatic carbocycles. The highest BCUT2D eigenvalue weighted by atomic mass is 79.9. The van der Waals surface area contributed by atoms with Gasteiger partial charge in [0.05, 0.1) is 7.11 Å². The van der Waals surface area contributed by atoms with Crippen LogP contribution in [-0.2, 0) is 20.9 Å². The zero-order chi connectivity index (χ0) is 13.8. The van der Waals surface area contributed by atoms with Crippen LogP contribution >= 0.6 is 15.9 Å². The molecule has 1 rings (SSSR count). The van der Waals surface area contributed by atoms with Crippen LogP contribution in [0.15, 0.2) is 28.7 Å². The minimum absolute atomic E-state index is 0.350. The zero-order valence-corrected chi connectivity index (χ0v) is 12.2. The Balaban J connectivity index is 2.61. The average molecular weight is 314 g/mol. The quantitative estimate of drug-likeness (QED) is 0.685. The minimum Gasteiger partial charge on any atom is -0.468 e. The first-order valence-corrected chi connectivity index (χ1v) is 6.28. The first-order valence-electron chi connectivity index (χ1n) is 5.49. The number of hydrogen-bond donors (Lipinski definition) is 1. The number of carbonyl (C=O) groups excluding carboxylic acids is 2. The lowest BCUT2D eigenvalue weighted by atomic mass is 9.92. The van der Waals surface area contributed by atoms with Crippen LogP contribution in [-0.4, -0.2) is 19.0 Å². The van der Waals surface area contributed by atoms with Gasteiger partial charge in [-0.1, -0.05) is 28.1 Å². The third-order valence-electron chi connectivity index (χ3n) is 2.63. The van der Waals surface area contributed by atoms with Gasteiger partial charge in [-0.05, 0) is 31.5 Å². The summed E-state index contributed by atoms with van der Waals surface area (Å²) in [5, 5.41) is 2.72. The summed E-state index contributed by atoms with van der Waals surface area (Å²) in [5.74, 6) is -0.895. The van der Waals surface area contributed by atoms with Gasteiger partial charge in [-0.15, -0.1) is 0 Å². The Morgan fingerprint density at radius 3 is 2.33 bits per heavy atom. The van der Waals surface area contributed by atoms with E-state index in [0.717, 1.165) is 10.0 Å². The molecule has 0 saturated heterocycles. The molecule has 0 aliphatic heterocycles. The van der Waals surface area contributed by atoms with E-state index in [4.69, 9.17) is 0 Å². The molecule has 4 nitrogen and oxygen atoms in total. The Bertz CT molecular complexity index is 440. The van der Waals surface area contributed by atoms with Crippen molar-refractivity contribution in [1.82, 2.24) is 5.32 Å². The first kappa shape index (κ1) is 14.7. The van der Waals surface area contributed by atoms with E-state index >= 15 is 0 Å².